The van der Waals surface area contributed by atoms with Gasteiger partial charge in [0.05, 0.1) is 11.4 Å². The van der Waals surface area contributed by atoms with Crippen LogP contribution in [0.25, 0.3) is 11.4 Å². The van der Waals surface area contributed by atoms with Crippen LogP contribution >= 0.6 is 0 Å². The summed E-state index contributed by atoms with van der Waals surface area (Å²) in [6.07, 6.45) is 9.99. The molecule has 1 unspecified atom stereocenters. The second kappa shape index (κ2) is 7.89. The van der Waals surface area contributed by atoms with Crippen LogP contribution in [0.4, 0.5) is 5.82 Å². The number of hydrazone groups is 1. The van der Waals surface area contributed by atoms with Crippen molar-refractivity contribution in [2.45, 2.75) is 45.8 Å². The van der Waals surface area contributed by atoms with Gasteiger partial charge >= 0.3 is 0 Å². The zero-order chi connectivity index (χ0) is 19.5. The predicted octanol–water partition coefficient (Wildman–Crippen LogP) is 4.60. The van der Waals surface area contributed by atoms with E-state index in [4.69, 9.17) is 0 Å². The number of benzene rings is 1. The van der Waals surface area contributed by atoms with Gasteiger partial charge in [0.2, 0.25) is 0 Å². The lowest BCUT2D eigenvalue weighted by molar-refractivity contribution is 0.357. The molecule has 28 heavy (non-hydrogen) atoms. The van der Waals surface area contributed by atoms with Gasteiger partial charge in [-0.3, -0.25) is 0 Å². The molecule has 0 spiro atoms. The van der Waals surface area contributed by atoms with E-state index in [-0.39, 0.29) is 6.17 Å². The van der Waals surface area contributed by atoms with E-state index in [0.29, 0.717) is 6.04 Å². The van der Waals surface area contributed by atoms with Crippen LogP contribution in [-0.2, 0) is 0 Å². The first kappa shape index (κ1) is 18.3. The smallest absolute Gasteiger partial charge is 0.140 e. The van der Waals surface area contributed by atoms with Gasteiger partial charge in [-0.25, -0.2) is 9.99 Å². The number of hydrogen-bond acceptors (Lipinski definition) is 5. The Morgan fingerprint density at radius 2 is 2.00 bits per heavy atom. The minimum atomic E-state index is 0.0270. The molecule has 2 aliphatic heterocycles. The van der Waals surface area contributed by atoms with Crippen molar-refractivity contribution < 1.29 is 0 Å². The summed E-state index contributed by atoms with van der Waals surface area (Å²) in [4.78, 5) is 4.54. The minimum absolute atomic E-state index is 0.0270. The van der Waals surface area contributed by atoms with Gasteiger partial charge in [-0.05, 0) is 50.1 Å². The molecular formula is C23H27N5. The Labute approximate surface area is 166 Å². The molecule has 2 aliphatic rings. The van der Waals surface area contributed by atoms with Crippen LogP contribution in [0, 0.1) is 6.92 Å². The molecular weight excluding hydrogens is 346 g/mol. The molecule has 0 fully saturated rings. The third kappa shape index (κ3) is 3.52. The van der Waals surface area contributed by atoms with Crippen molar-refractivity contribution >= 4 is 23.4 Å². The Morgan fingerprint density at radius 3 is 2.79 bits per heavy atom. The van der Waals surface area contributed by atoms with Crippen molar-refractivity contribution in [3.63, 3.8) is 0 Å². The molecule has 2 aromatic rings. The van der Waals surface area contributed by atoms with Gasteiger partial charge in [0.1, 0.15) is 12.0 Å². The highest BCUT2D eigenvalue weighted by molar-refractivity contribution is 5.93. The van der Waals surface area contributed by atoms with Crippen LogP contribution in [0.1, 0.15) is 43.4 Å². The van der Waals surface area contributed by atoms with E-state index < -0.39 is 0 Å². The SMILES string of the molecule is CCC(CC)Nc1cc(C2=C(c3cccc(C)c3)NC3C=CC=NN23)ccn1. The number of hydrogen-bond donors (Lipinski definition) is 2. The summed E-state index contributed by atoms with van der Waals surface area (Å²) in [5.74, 6) is 0.905. The molecule has 0 saturated heterocycles. The standard InChI is InChI=1S/C23H27N5/c1-4-19(5-2)26-20-15-18(11-13-24-20)23-22(17-9-6-8-16(3)14-17)27-21-10-7-12-25-28(21)23/h6-15,19,21,27H,4-5H2,1-3H3,(H,24,26). The highest BCUT2D eigenvalue weighted by atomic mass is 15.5. The zero-order valence-corrected chi connectivity index (χ0v) is 16.7. The van der Waals surface area contributed by atoms with Gasteiger partial charge in [-0.2, -0.15) is 5.10 Å². The van der Waals surface area contributed by atoms with Crippen LogP contribution < -0.4 is 10.6 Å². The summed E-state index contributed by atoms with van der Waals surface area (Å²) in [5, 5.41) is 13.9. The summed E-state index contributed by atoms with van der Waals surface area (Å²) < 4.78 is 0. The molecule has 0 amide bonds. The molecule has 0 radical (unpaired) electrons. The molecule has 144 valence electrons. The van der Waals surface area contributed by atoms with Gasteiger partial charge in [0.15, 0.2) is 0 Å². The molecule has 1 aromatic heterocycles. The molecule has 1 aromatic carbocycles. The Bertz CT molecular complexity index is 940. The van der Waals surface area contributed by atoms with Crippen molar-refractivity contribution in [3.05, 3.63) is 71.4 Å². The molecule has 2 N–H and O–H groups in total. The van der Waals surface area contributed by atoms with Gasteiger partial charge in [-0.15, -0.1) is 0 Å². The van der Waals surface area contributed by atoms with Gasteiger partial charge in [0.25, 0.3) is 0 Å². The highest BCUT2D eigenvalue weighted by Crippen LogP contribution is 2.36. The van der Waals surface area contributed by atoms with E-state index in [1.807, 2.05) is 23.5 Å². The Hall–Kier alpha value is -3.08. The number of nitrogens with one attached hydrogen (secondary N) is 2. The second-order valence-electron chi connectivity index (χ2n) is 7.26. The maximum Gasteiger partial charge on any atom is 0.140 e. The van der Waals surface area contributed by atoms with Crippen LogP contribution in [0.2, 0.25) is 0 Å². The largest absolute Gasteiger partial charge is 0.367 e. The third-order valence-corrected chi connectivity index (χ3v) is 5.27. The van der Waals surface area contributed by atoms with Crippen LogP contribution in [0.3, 0.4) is 0 Å². The van der Waals surface area contributed by atoms with Gasteiger partial charge in [-0.1, -0.05) is 37.6 Å². The Kier molecular flexibility index (Phi) is 5.15. The topological polar surface area (TPSA) is 52.6 Å². The summed E-state index contributed by atoms with van der Waals surface area (Å²) >= 11 is 0. The van der Waals surface area contributed by atoms with E-state index in [9.17, 15) is 0 Å². The van der Waals surface area contributed by atoms with Gasteiger partial charge in [0, 0.05) is 29.6 Å². The number of fused-ring (bicyclic) bond motifs is 1. The van der Waals surface area contributed by atoms with E-state index >= 15 is 0 Å². The molecule has 0 saturated carbocycles. The van der Waals surface area contributed by atoms with E-state index in [0.717, 1.165) is 35.6 Å². The molecule has 4 rings (SSSR count). The lowest BCUT2D eigenvalue weighted by atomic mass is 10.0. The number of rotatable bonds is 6. The average Bonchev–Trinajstić information content (AvgIpc) is 3.12. The fourth-order valence-corrected chi connectivity index (χ4v) is 3.71. The van der Waals surface area contributed by atoms with Crippen LogP contribution in [-0.4, -0.2) is 28.4 Å². The monoisotopic (exact) mass is 373 g/mol. The van der Waals surface area contributed by atoms with E-state index in [1.54, 1.807) is 0 Å². The summed E-state index contributed by atoms with van der Waals surface area (Å²) in [6, 6.07) is 13.2. The quantitative estimate of drug-likeness (QED) is 0.777. The molecule has 1 atom stereocenters. The number of aryl methyl sites for hydroxylation is 1. The number of anilines is 1. The maximum absolute atomic E-state index is 4.63. The van der Waals surface area contributed by atoms with E-state index in [2.05, 4.69) is 84.0 Å². The Morgan fingerprint density at radius 1 is 1.14 bits per heavy atom. The average molecular weight is 374 g/mol. The number of allylic oxidation sites excluding steroid dienone is 1. The summed E-state index contributed by atoms with van der Waals surface area (Å²) in [5.41, 5.74) is 5.67. The normalized spacial score (nSPS) is 17.9. The van der Waals surface area contributed by atoms with Crippen molar-refractivity contribution in [2.75, 3.05) is 5.32 Å². The predicted molar refractivity (Wildman–Crippen MR) is 117 cm³/mol. The number of aromatic nitrogens is 1. The fraction of sp³-hybridized carbons (Fsp3) is 0.304. The maximum atomic E-state index is 4.63. The Balaban J connectivity index is 1.78. The fourth-order valence-electron chi connectivity index (χ4n) is 3.71. The first-order valence-electron chi connectivity index (χ1n) is 10.0. The van der Waals surface area contributed by atoms with E-state index in [1.165, 1.54) is 11.1 Å². The first-order chi connectivity index (χ1) is 13.7. The third-order valence-electron chi connectivity index (χ3n) is 5.27. The highest BCUT2D eigenvalue weighted by Gasteiger charge is 2.32. The van der Waals surface area contributed by atoms with Crippen molar-refractivity contribution in [1.29, 1.82) is 0 Å². The zero-order valence-electron chi connectivity index (χ0n) is 16.7. The molecule has 0 bridgehead atoms. The lowest BCUT2D eigenvalue weighted by Gasteiger charge is -2.24. The lowest BCUT2D eigenvalue weighted by Crippen LogP contribution is -2.33. The molecule has 0 aliphatic carbocycles. The second-order valence-corrected chi connectivity index (χ2v) is 7.26. The number of nitrogens with zero attached hydrogens (tertiary/aromatic N) is 3. The van der Waals surface area contributed by atoms with Crippen molar-refractivity contribution in [3.8, 4) is 0 Å². The summed E-state index contributed by atoms with van der Waals surface area (Å²) in [6.45, 7) is 6.52. The van der Waals surface area contributed by atoms with Crippen LogP contribution in [0.5, 0.6) is 0 Å². The molecule has 5 nitrogen and oxygen atoms in total. The van der Waals surface area contributed by atoms with Gasteiger partial charge < -0.3 is 10.6 Å². The molecule has 3 heterocycles. The number of pyridine rings is 1. The van der Waals surface area contributed by atoms with Crippen molar-refractivity contribution in [2.24, 2.45) is 5.10 Å². The minimum Gasteiger partial charge on any atom is -0.367 e. The summed E-state index contributed by atoms with van der Waals surface area (Å²) in [7, 11) is 0. The first-order valence-corrected chi connectivity index (χ1v) is 10.0. The molecule has 5 heteroatoms. The van der Waals surface area contributed by atoms with Crippen LogP contribution in [0.15, 0.2) is 59.8 Å². The van der Waals surface area contributed by atoms with Crippen molar-refractivity contribution in [1.82, 2.24) is 15.3 Å².